The second-order valence-electron chi connectivity index (χ2n) is 4.37. The zero-order valence-corrected chi connectivity index (χ0v) is 12.1. The van der Waals surface area contributed by atoms with E-state index in [0.717, 1.165) is 4.90 Å². The van der Waals surface area contributed by atoms with Gasteiger partial charge in [-0.3, -0.25) is 4.79 Å². The van der Waals surface area contributed by atoms with Gasteiger partial charge in [-0.1, -0.05) is 49.0 Å². The summed E-state index contributed by atoms with van der Waals surface area (Å²) in [5.41, 5.74) is 1.45. The van der Waals surface area contributed by atoms with Crippen molar-refractivity contribution in [2.24, 2.45) is 0 Å². The molecule has 0 spiro atoms. The molecule has 2 nitrogen and oxygen atoms in total. The van der Waals surface area contributed by atoms with Crippen molar-refractivity contribution in [2.75, 3.05) is 6.26 Å². The van der Waals surface area contributed by atoms with E-state index in [2.05, 4.69) is 6.58 Å². The SMILES string of the molecule is C=C(C(=O)c1ccccc1SC)C(O)c1ccccc1. The maximum absolute atomic E-state index is 12.5. The van der Waals surface area contributed by atoms with E-state index in [1.807, 2.05) is 42.7 Å². The highest BCUT2D eigenvalue weighted by molar-refractivity contribution is 7.98. The molecule has 0 radical (unpaired) electrons. The molecule has 0 aliphatic carbocycles. The molecule has 0 saturated heterocycles. The predicted octanol–water partition coefficient (Wildman–Crippen LogP) is 3.88. The van der Waals surface area contributed by atoms with Gasteiger partial charge in [-0.2, -0.15) is 0 Å². The van der Waals surface area contributed by atoms with E-state index < -0.39 is 6.10 Å². The number of benzene rings is 2. The van der Waals surface area contributed by atoms with Crippen LogP contribution in [0.5, 0.6) is 0 Å². The van der Waals surface area contributed by atoms with Crippen LogP contribution < -0.4 is 0 Å². The van der Waals surface area contributed by atoms with E-state index in [9.17, 15) is 9.90 Å². The molecule has 1 atom stereocenters. The molecule has 0 saturated carbocycles. The molecule has 3 heteroatoms. The highest BCUT2D eigenvalue weighted by Crippen LogP contribution is 2.27. The van der Waals surface area contributed by atoms with Crippen LogP contribution in [0.3, 0.4) is 0 Å². The van der Waals surface area contributed by atoms with Crippen molar-refractivity contribution in [3.63, 3.8) is 0 Å². The second kappa shape index (κ2) is 6.55. The molecule has 0 aliphatic rings. The number of rotatable bonds is 5. The molecule has 2 aromatic carbocycles. The Kier molecular flexibility index (Phi) is 4.77. The quantitative estimate of drug-likeness (QED) is 0.514. The van der Waals surface area contributed by atoms with Gasteiger partial charge in [0.25, 0.3) is 0 Å². The molecule has 0 bridgehead atoms. The van der Waals surface area contributed by atoms with Gasteiger partial charge in [-0.05, 0) is 24.0 Å². The van der Waals surface area contributed by atoms with Gasteiger partial charge in [-0.25, -0.2) is 0 Å². The fourth-order valence-electron chi connectivity index (χ4n) is 1.97. The molecule has 102 valence electrons. The Morgan fingerprint density at radius 3 is 2.35 bits per heavy atom. The highest BCUT2D eigenvalue weighted by Gasteiger charge is 2.21. The van der Waals surface area contributed by atoms with Gasteiger partial charge < -0.3 is 5.11 Å². The van der Waals surface area contributed by atoms with Crippen molar-refractivity contribution in [1.29, 1.82) is 0 Å². The van der Waals surface area contributed by atoms with Crippen LogP contribution in [-0.4, -0.2) is 17.1 Å². The minimum Gasteiger partial charge on any atom is -0.384 e. The molecule has 2 aromatic rings. The summed E-state index contributed by atoms with van der Waals surface area (Å²) in [6.45, 7) is 3.77. The Morgan fingerprint density at radius 2 is 1.70 bits per heavy atom. The van der Waals surface area contributed by atoms with Gasteiger partial charge >= 0.3 is 0 Å². The van der Waals surface area contributed by atoms with Crippen LogP contribution in [0.2, 0.25) is 0 Å². The molecule has 0 aromatic heterocycles. The zero-order chi connectivity index (χ0) is 14.5. The Labute approximate surface area is 123 Å². The Morgan fingerprint density at radius 1 is 1.10 bits per heavy atom. The number of thioether (sulfide) groups is 1. The topological polar surface area (TPSA) is 37.3 Å². The number of carbonyl (C=O) groups is 1. The molecule has 0 amide bonds. The lowest BCUT2D eigenvalue weighted by Gasteiger charge is -2.14. The van der Waals surface area contributed by atoms with E-state index in [1.54, 1.807) is 18.2 Å². The first kappa shape index (κ1) is 14.6. The van der Waals surface area contributed by atoms with Gasteiger partial charge in [-0.15, -0.1) is 11.8 Å². The Bertz CT molecular complexity index is 620. The maximum atomic E-state index is 12.5. The summed E-state index contributed by atoms with van der Waals surface area (Å²) in [7, 11) is 0. The molecular formula is C17H16O2S. The van der Waals surface area contributed by atoms with Crippen molar-refractivity contribution < 1.29 is 9.90 Å². The fourth-order valence-corrected chi connectivity index (χ4v) is 2.56. The van der Waals surface area contributed by atoms with E-state index in [-0.39, 0.29) is 11.4 Å². The maximum Gasteiger partial charge on any atom is 0.192 e. The van der Waals surface area contributed by atoms with E-state index >= 15 is 0 Å². The number of carbonyl (C=O) groups excluding carboxylic acids is 1. The normalized spacial score (nSPS) is 11.9. The molecular weight excluding hydrogens is 268 g/mol. The first-order valence-corrected chi connectivity index (χ1v) is 7.47. The summed E-state index contributed by atoms with van der Waals surface area (Å²) in [5.74, 6) is -0.216. The number of aliphatic hydroxyl groups is 1. The third-order valence-corrected chi connectivity index (χ3v) is 3.88. The van der Waals surface area contributed by atoms with Crippen molar-refractivity contribution >= 4 is 17.5 Å². The average Bonchev–Trinajstić information content (AvgIpc) is 2.53. The van der Waals surface area contributed by atoms with Crippen LogP contribution in [-0.2, 0) is 0 Å². The number of hydrogen-bond acceptors (Lipinski definition) is 3. The molecule has 0 heterocycles. The van der Waals surface area contributed by atoms with Gasteiger partial charge in [0, 0.05) is 16.0 Å². The highest BCUT2D eigenvalue weighted by atomic mass is 32.2. The summed E-state index contributed by atoms with van der Waals surface area (Å²) >= 11 is 1.51. The third kappa shape index (κ3) is 3.00. The van der Waals surface area contributed by atoms with Gasteiger partial charge in [0.2, 0.25) is 0 Å². The standard InChI is InChI=1S/C17H16O2S/c1-12(16(18)13-8-4-3-5-9-13)17(19)14-10-6-7-11-15(14)20-2/h3-11,16,18H,1H2,2H3. The monoisotopic (exact) mass is 284 g/mol. The lowest BCUT2D eigenvalue weighted by molar-refractivity contribution is 0.0985. The van der Waals surface area contributed by atoms with Crippen LogP contribution >= 0.6 is 11.8 Å². The molecule has 0 fully saturated rings. The molecule has 1 unspecified atom stereocenters. The first-order chi connectivity index (χ1) is 9.65. The minimum absolute atomic E-state index is 0.192. The molecule has 0 aliphatic heterocycles. The average molecular weight is 284 g/mol. The van der Waals surface area contributed by atoms with Crippen LogP contribution in [0.4, 0.5) is 0 Å². The predicted molar refractivity (Wildman–Crippen MR) is 83.1 cm³/mol. The summed E-state index contributed by atoms with van der Waals surface area (Å²) in [4.78, 5) is 13.4. The lowest BCUT2D eigenvalue weighted by Crippen LogP contribution is -2.11. The lowest BCUT2D eigenvalue weighted by atomic mass is 9.96. The van der Waals surface area contributed by atoms with Gasteiger partial charge in [0.15, 0.2) is 5.78 Å². The number of hydrogen-bond donors (Lipinski definition) is 1. The Hall–Kier alpha value is -1.84. The third-order valence-electron chi connectivity index (χ3n) is 3.09. The van der Waals surface area contributed by atoms with Crippen molar-refractivity contribution in [3.05, 3.63) is 77.9 Å². The number of aliphatic hydroxyl groups excluding tert-OH is 1. The molecule has 20 heavy (non-hydrogen) atoms. The van der Waals surface area contributed by atoms with E-state index in [0.29, 0.717) is 11.1 Å². The molecule has 2 rings (SSSR count). The van der Waals surface area contributed by atoms with Gasteiger partial charge in [0.1, 0.15) is 6.10 Å². The van der Waals surface area contributed by atoms with Crippen molar-refractivity contribution in [1.82, 2.24) is 0 Å². The van der Waals surface area contributed by atoms with Crippen LogP contribution in [0.15, 0.2) is 71.6 Å². The number of Topliss-reactive ketones (excluding diaryl/α,β-unsaturated/α-hetero) is 1. The Balaban J connectivity index is 2.27. The van der Waals surface area contributed by atoms with Crippen LogP contribution in [0.1, 0.15) is 22.0 Å². The minimum atomic E-state index is -0.974. The number of ketones is 1. The van der Waals surface area contributed by atoms with Crippen LogP contribution in [0, 0.1) is 0 Å². The first-order valence-electron chi connectivity index (χ1n) is 6.24. The van der Waals surface area contributed by atoms with Crippen LogP contribution in [0.25, 0.3) is 0 Å². The fraction of sp³-hybridized carbons (Fsp3) is 0.118. The summed E-state index contributed by atoms with van der Waals surface area (Å²) in [5, 5.41) is 10.3. The van der Waals surface area contributed by atoms with Crippen molar-refractivity contribution in [3.8, 4) is 0 Å². The summed E-state index contributed by atoms with van der Waals surface area (Å²) in [6.07, 6.45) is 0.946. The van der Waals surface area contributed by atoms with E-state index in [4.69, 9.17) is 0 Å². The van der Waals surface area contributed by atoms with E-state index in [1.165, 1.54) is 11.8 Å². The largest absolute Gasteiger partial charge is 0.384 e. The summed E-state index contributed by atoms with van der Waals surface area (Å²) < 4.78 is 0. The summed E-state index contributed by atoms with van der Waals surface area (Å²) in [6, 6.07) is 16.4. The second-order valence-corrected chi connectivity index (χ2v) is 5.22. The van der Waals surface area contributed by atoms with Gasteiger partial charge in [0.05, 0.1) is 0 Å². The zero-order valence-electron chi connectivity index (χ0n) is 11.2. The smallest absolute Gasteiger partial charge is 0.192 e. The molecule has 1 N–H and O–H groups in total. The van der Waals surface area contributed by atoms with Crippen molar-refractivity contribution in [2.45, 2.75) is 11.0 Å².